The number of nitrogen functional groups attached to an aromatic ring is 1. The maximum atomic E-state index is 11.5. The number of phosphoric acid groups is 1. The number of nitrogens with two attached hydrogens (primary N) is 1. The molecule has 0 amide bonds. The Hall–Kier alpha value is -1.48. The van der Waals surface area contributed by atoms with Crippen molar-refractivity contribution in [2.24, 2.45) is 0 Å². The SMILES string of the molecule is Nc1cccc2c1ncn2C1OC2COP(=O)(O)O[C@H]2C1O. The topological polar surface area (TPSA) is 129 Å². The minimum atomic E-state index is -4.14. The van der Waals surface area contributed by atoms with E-state index in [1.54, 1.807) is 22.8 Å². The van der Waals surface area contributed by atoms with Gasteiger partial charge in [0.05, 0.1) is 24.1 Å². The second-order valence-electron chi connectivity index (χ2n) is 5.26. The van der Waals surface area contributed by atoms with Crippen LogP contribution < -0.4 is 5.73 Å². The molecular formula is C12H14N3O6P. The first-order valence-electron chi connectivity index (χ1n) is 6.66. The van der Waals surface area contributed by atoms with Crippen molar-refractivity contribution in [2.45, 2.75) is 24.5 Å². The van der Waals surface area contributed by atoms with Crippen molar-refractivity contribution in [1.29, 1.82) is 0 Å². The van der Waals surface area contributed by atoms with E-state index < -0.39 is 32.4 Å². The van der Waals surface area contributed by atoms with E-state index in [0.717, 1.165) is 0 Å². The van der Waals surface area contributed by atoms with Gasteiger partial charge < -0.3 is 25.0 Å². The zero-order valence-electron chi connectivity index (χ0n) is 11.3. The van der Waals surface area contributed by atoms with Crippen LogP contribution in [-0.2, 0) is 18.3 Å². The summed E-state index contributed by atoms with van der Waals surface area (Å²) in [6.45, 7) is -0.124. The van der Waals surface area contributed by atoms with Crippen LogP contribution in [0.2, 0.25) is 0 Å². The van der Waals surface area contributed by atoms with Crippen molar-refractivity contribution >= 4 is 24.5 Å². The van der Waals surface area contributed by atoms with Crippen LogP contribution in [0, 0.1) is 0 Å². The van der Waals surface area contributed by atoms with Crippen molar-refractivity contribution in [1.82, 2.24) is 9.55 Å². The van der Waals surface area contributed by atoms with Crippen molar-refractivity contribution in [3.8, 4) is 0 Å². The predicted molar refractivity (Wildman–Crippen MR) is 74.7 cm³/mol. The van der Waals surface area contributed by atoms with Gasteiger partial charge in [-0.15, -0.1) is 0 Å². The van der Waals surface area contributed by atoms with E-state index in [0.29, 0.717) is 16.7 Å². The van der Waals surface area contributed by atoms with Crippen LogP contribution in [-0.4, -0.2) is 44.5 Å². The van der Waals surface area contributed by atoms with E-state index in [9.17, 15) is 14.6 Å². The lowest BCUT2D eigenvalue weighted by atomic mass is 10.1. The van der Waals surface area contributed by atoms with Gasteiger partial charge in [-0.3, -0.25) is 9.05 Å². The molecule has 2 fully saturated rings. The largest absolute Gasteiger partial charge is 0.472 e. The van der Waals surface area contributed by atoms with E-state index in [-0.39, 0.29) is 6.61 Å². The summed E-state index contributed by atoms with van der Waals surface area (Å²) < 4.78 is 28.5. The smallest absolute Gasteiger partial charge is 0.397 e. The van der Waals surface area contributed by atoms with E-state index in [1.807, 2.05) is 0 Å². The number of hydrogen-bond donors (Lipinski definition) is 3. The van der Waals surface area contributed by atoms with Crippen LogP contribution in [0.3, 0.4) is 0 Å². The summed E-state index contributed by atoms with van der Waals surface area (Å²) in [4.78, 5) is 13.6. The average molecular weight is 327 g/mol. The molecule has 0 spiro atoms. The van der Waals surface area contributed by atoms with E-state index in [2.05, 4.69) is 4.98 Å². The molecule has 1 aromatic heterocycles. The number of para-hydroxylation sites is 1. The number of aliphatic hydroxyl groups excluding tert-OH is 1. The molecule has 1 aromatic carbocycles. The number of fused-ring (bicyclic) bond motifs is 2. The molecule has 0 aliphatic carbocycles. The molecule has 2 aromatic rings. The van der Waals surface area contributed by atoms with Crippen molar-refractivity contribution in [3.63, 3.8) is 0 Å². The fourth-order valence-corrected chi connectivity index (χ4v) is 3.81. The summed E-state index contributed by atoms with van der Waals surface area (Å²) in [6.07, 6.45) is -2.00. The molecule has 0 radical (unpaired) electrons. The fraction of sp³-hybridized carbons (Fsp3) is 0.417. The van der Waals surface area contributed by atoms with Crippen LogP contribution in [0.4, 0.5) is 5.69 Å². The van der Waals surface area contributed by atoms with Gasteiger partial charge in [0.25, 0.3) is 0 Å². The quantitative estimate of drug-likeness (QED) is 0.507. The molecule has 22 heavy (non-hydrogen) atoms. The van der Waals surface area contributed by atoms with Crippen LogP contribution >= 0.6 is 7.82 Å². The molecule has 9 nitrogen and oxygen atoms in total. The minimum absolute atomic E-state index is 0.124. The third kappa shape index (κ3) is 2.06. The first-order chi connectivity index (χ1) is 10.5. The van der Waals surface area contributed by atoms with Crippen molar-refractivity contribution in [3.05, 3.63) is 24.5 Å². The second-order valence-corrected chi connectivity index (χ2v) is 6.66. The van der Waals surface area contributed by atoms with E-state index in [4.69, 9.17) is 19.5 Å². The Kier molecular flexibility index (Phi) is 3.06. The first-order valence-corrected chi connectivity index (χ1v) is 8.16. The molecule has 0 bridgehead atoms. The maximum Gasteiger partial charge on any atom is 0.472 e. The zero-order valence-corrected chi connectivity index (χ0v) is 12.2. The number of aliphatic hydroxyl groups is 1. The summed E-state index contributed by atoms with van der Waals surface area (Å²) in [7, 11) is -4.14. The van der Waals surface area contributed by atoms with E-state index >= 15 is 0 Å². The summed E-state index contributed by atoms with van der Waals surface area (Å²) in [6, 6.07) is 5.29. The molecule has 2 aliphatic rings. The summed E-state index contributed by atoms with van der Waals surface area (Å²) in [5.74, 6) is 0. The molecular weight excluding hydrogens is 313 g/mol. The lowest BCUT2D eigenvalue weighted by molar-refractivity contribution is -0.0663. The first kappa shape index (κ1) is 14.1. The van der Waals surface area contributed by atoms with Gasteiger partial charge in [0, 0.05) is 0 Å². The monoisotopic (exact) mass is 327 g/mol. The third-order valence-corrected chi connectivity index (χ3v) is 4.86. The highest BCUT2D eigenvalue weighted by Crippen LogP contribution is 2.52. The van der Waals surface area contributed by atoms with Gasteiger partial charge >= 0.3 is 7.82 Å². The Balaban J connectivity index is 1.71. The second kappa shape index (κ2) is 4.76. The van der Waals surface area contributed by atoms with Gasteiger partial charge in [-0.05, 0) is 12.1 Å². The molecule has 4 rings (SSSR count). The molecule has 4 N–H and O–H groups in total. The van der Waals surface area contributed by atoms with Crippen LogP contribution in [0.5, 0.6) is 0 Å². The molecule has 118 valence electrons. The summed E-state index contributed by atoms with van der Waals surface area (Å²) in [5.41, 5.74) is 7.66. The highest BCUT2D eigenvalue weighted by Gasteiger charge is 2.52. The highest BCUT2D eigenvalue weighted by molar-refractivity contribution is 7.47. The van der Waals surface area contributed by atoms with Gasteiger partial charge in [0.15, 0.2) is 6.23 Å². The van der Waals surface area contributed by atoms with Gasteiger partial charge in [-0.2, -0.15) is 0 Å². The normalized spacial score (nSPS) is 38.3. The van der Waals surface area contributed by atoms with Gasteiger partial charge in [0.1, 0.15) is 23.8 Å². The number of phosphoric ester groups is 1. The van der Waals surface area contributed by atoms with Crippen molar-refractivity contribution in [2.75, 3.05) is 12.3 Å². The zero-order chi connectivity index (χ0) is 15.5. The molecule has 10 heteroatoms. The summed E-state index contributed by atoms with van der Waals surface area (Å²) >= 11 is 0. The van der Waals surface area contributed by atoms with Gasteiger partial charge in [-0.25, -0.2) is 9.55 Å². The number of aromatic nitrogens is 2. The van der Waals surface area contributed by atoms with Crippen LogP contribution in [0.25, 0.3) is 11.0 Å². The summed E-state index contributed by atoms with van der Waals surface area (Å²) in [5, 5.41) is 10.4. The Bertz CT molecular complexity index is 779. The molecule has 3 heterocycles. The maximum absolute atomic E-state index is 11.5. The van der Waals surface area contributed by atoms with Gasteiger partial charge in [0.2, 0.25) is 0 Å². The lowest BCUT2D eigenvalue weighted by Crippen LogP contribution is -2.39. The standard InChI is InChI=1S/C12H14N3O6P/c13-6-2-1-3-7-9(6)14-5-15(7)12-10(16)11-8(20-12)4-19-22(17,18)21-11/h1-3,5,8,10-12,16H,4,13H2,(H,17,18)/t8?,10?,11-,12?/m1/s1. The Morgan fingerprint density at radius 1 is 1.45 bits per heavy atom. The average Bonchev–Trinajstić information content (AvgIpc) is 3.01. The Morgan fingerprint density at radius 3 is 3.09 bits per heavy atom. The Labute approximate surface area is 124 Å². The molecule has 4 unspecified atom stereocenters. The van der Waals surface area contributed by atoms with Crippen LogP contribution in [0.1, 0.15) is 6.23 Å². The van der Waals surface area contributed by atoms with Crippen LogP contribution in [0.15, 0.2) is 24.5 Å². The predicted octanol–water partition coefficient (Wildman–Crippen LogP) is 0.393. The number of anilines is 1. The number of rotatable bonds is 1. The Morgan fingerprint density at radius 2 is 2.27 bits per heavy atom. The number of imidazole rings is 1. The highest BCUT2D eigenvalue weighted by atomic mass is 31.2. The van der Waals surface area contributed by atoms with Gasteiger partial charge in [-0.1, -0.05) is 6.07 Å². The number of nitrogens with zero attached hydrogens (tertiary/aromatic N) is 2. The third-order valence-electron chi connectivity index (χ3n) is 3.88. The molecule has 0 saturated carbocycles. The fourth-order valence-electron chi connectivity index (χ4n) is 2.85. The number of hydrogen-bond acceptors (Lipinski definition) is 7. The molecule has 2 aliphatic heterocycles. The lowest BCUT2D eigenvalue weighted by Gasteiger charge is -2.27. The van der Waals surface area contributed by atoms with Crippen molar-refractivity contribution < 1.29 is 28.3 Å². The van der Waals surface area contributed by atoms with E-state index in [1.165, 1.54) is 6.33 Å². The number of benzene rings is 1. The molecule has 5 atom stereocenters. The minimum Gasteiger partial charge on any atom is -0.397 e. The molecule has 2 saturated heterocycles. The number of ether oxygens (including phenoxy) is 1.